The molecule has 2 aromatic rings. The highest BCUT2D eigenvalue weighted by Gasteiger charge is 2.20. The molecule has 1 aromatic heterocycles. The molecular weight excluding hydrogens is 262 g/mol. The van der Waals surface area contributed by atoms with Crippen molar-refractivity contribution < 1.29 is 5.11 Å². The largest absolute Gasteiger partial charge is 0.508 e. The topological polar surface area (TPSA) is 50.1 Å². The van der Waals surface area contributed by atoms with Gasteiger partial charge in [0.25, 0.3) is 0 Å². The van der Waals surface area contributed by atoms with E-state index in [2.05, 4.69) is 24.3 Å². The zero-order valence-corrected chi connectivity index (χ0v) is 12.8. The lowest BCUT2D eigenvalue weighted by atomic mass is 10.1. The monoisotopic (exact) mass is 285 g/mol. The Labute approximate surface area is 125 Å². The smallest absolute Gasteiger partial charge is 0.115 e. The quantitative estimate of drug-likeness (QED) is 0.857. The predicted octanol–water partition coefficient (Wildman–Crippen LogP) is 2.55. The summed E-state index contributed by atoms with van der Waals surface area (Å²) in [5.41, 5.74) is 4.77. The van der Waals surface area contributed by atoms with Gasteiger partial charge in [-0.1, -0.05) is 12.1 Å². The number of rotatable bonds is 6. The summed E-state index contributed by atoms with van der Waals surface area (Å²) in [4.78, 5) is 0. The first-order chi connectivity index (χ1) is 10.1. The Balaban J connectivity index is 1.70. The maximum Gasteiger partial charge on any atom is 0.115 e. The number of aromatic nitrogens is 2. The van der Waals surface area contributed by atoms with Crippen molar-refractivity contribution in [2.75, 3.05) is 6.54 Å². The van der Waals surface area contributed by atoms with E-state index in [1.807, 2.05) is 16.8 Å². The molecule has 3 rings (SSSR count). The molecule has 0 unspecified atom stereocenters. The third kappa shape index (κ3) is 3.45. The highest BCUT2D eigenvalue weighted by Crippen LogP contribution is 2.20. The molecule has 0 radical (unpaired) electrons. The predicted molar refractivity (Wildman–Crippen MR) is 83.6 cm³/mol. The standard InChI is InChI=1S/C17H23N3O/c1-12-17(8-9-18-15-6-7-15)13(2)20(19-12)11-14-4-3-5-16(21)10-14/h3-5,10,15,18,21H,6-9,11H2,1-2H3. The molecule has 0 amide bonds. The van der Waals surface area contributed by atoms with E-state index in [-0.39, 0.29) is 0 Å². The van der Waals surface area contributed by atoms with E-state index in [4.69, 9.17) is 0 Å². The van der Waals surface area contributed by atoms with Gasteiger partial charge in [-0.3, -0.25) is 4.68 Å². The molecule has 1 fully saturated rings. The van der Waals surface area contributed by atoms with Crippen LogP contribution in [0.15, 0.2) is 24.3 Å². The fourth-order valence-corrected chi connectivity index (χ4v) is 2.77. The summed E-state index contributed by atoms with van der Waals surface area (Å²) in [5, 5.41) is 17.8. The van der Waals surface area contributed by atoms with Crippen molar-refractivity contribution in [2.45, 2.75) is 45.7 Å². The first kappa shape index (κ1) is 14.1. The molecule has 21 heavy (non-hydrogen) atoms. The molecule has 1 aliphatic carbocycles. The molecule has 4 nitrogen and oxygen atoms in total. The fourth-order valence-electron chi connectivity index (χ4n) is 2.77. The van der Waals surface area contributed by atoms with Gasteiger partial charge in [0.1, 0.15) is 5.75 Å². The Morgan fingerprint density at radius 1 is 1.33 bits per heavy atom. The molecule has 2 N–H and O–H groups in total. The number of nitrogens with zero attached hydrogens (tertiary/aromatic N) is 2. The molecule has 0 spiro atoms. The molecule has 0 bridgehead atoms. The van der Waals surface area contributed by atoms with E-state index in [1.54, 1.807) is 12.1 Å². The Kier molecular flexibility index (Phi) is 3.97. The van der Waals surface area contributed by atoms with Gasteiger partial charge in [-0.15, -0.1) is 0 Å². The summed E-state index contributed by atoms with van der Waals surface area (Å²) in [7, 11) is 0. The van der Waals surface area contributed by atoms with Gasteiger partial charge in [0.2, 0.25) is 0 Å². The minimum Gasteiger partial charge on any atom is -0.508 e. The van der Waals surface area contributed by atoms with Crippen LogP contribution in [0.25, 0.3) is 0 Å². The van der Waals surface area contributed by atoms with E-state index >= 15 is 0 Å². The Hall–Kier alpha value is -1.81. The summed E-state index contributed by atoms with van der Waals surface area (Å²) >= 11 is 0. The lowest BCUT2D eigenvalue weighted by Gasteiger charge is -2.07. The number of aryl methyl sites for hydroxylation is 1. The normalized spacial score (nSPS) is 14.6. The van der Waals surface area contributed by atoms with Crippen molar-refractivity contribution in [2.24, 2.45) is 0 Å². The van der Waals surface area contributed by atoms with Crippen LogP contribution in [0.4, 0.5) is 0 Å². The average Bonchev–Trinajstić information content (AvgIpc) is 3.22. The van der Waals surface area contributed by atoms with Crippen LogP contribution in [0.3, 0.4) is 0 Å². The highest BCUT2D eigenvalue weighted by atomic mass is 16.3. The number of phenolic OH excluding ortho intramolecular Hbond substituents is 1. The second-order valence-electron chi connectivity index (χ2n) is 5.96. The molecule has 1 aromatic carbocycles. The molecule has 0 saturated heterocycles. The van der Waals surface area contributed by atoms with Crippen LogP contribution in [0.5, 0.6) is 5.75 Å². The maximum atomic E-state index is 9.56. The molecule has 1 aliphatic rings. The molecule has 1 heterocycles. The van der Waals surface area contributed by atoms with E-state index in [0.717, 1.165) is 30.3 Å². The third-order valence-electron chi connectivity index (χ3n) is 4.16. The number of hydrogen-bond acceptors (Lipinski definition) is 3. The van der Waals surface area contributed by atoms with Crippen LogP contribution < -0.4 is 5.32 Å². The van der Waals surface area contributed by atoms with Crippen molar-refractivity contribution >= 4 is 0 Å². The van der Waals surface area contributed by atoms with Crippen molar-refractivity contribution in [3.05, 3.63) is 46.8 Å². The summed E-state index contributed by atoms with van der Waals surface area (Å²) in [6.07, 6.45) is 3.69. The summed E-state index contributed by atoms with van der Waals surface area (Å²) in [5.74, 6) is 0.308. The van der Waals surface area contributed by atoms with E-state index in [9.17, 15) is 5.11 Å². The lowest BCUT2D eigenvalue weighted by molar-refractivity contribution is 0.474. The van der Waals surface area contributed by atoms with Crippen molar-refractivity contribution in [3.63, 3.8) is 0 Å². The second-order valence-corrected chi connectivity index (χ2v) is 5.96. The number of benzene rings is 1. The van der Waals surface area contributed by atoms with Gasteiger partial charge in [0.05, 0.1) is 12.2 Å². The van der Waals surface area contributed by atoms with Crippen LogP contribution in [-0.2, 0) is 13.0 Å². The van der Waals surface area contributed by atoms with Crippen LogP contribution in [0.2, 0.25) is 0 Å². The minimum absolute atomic E-state index is 0.308. The Bertz CT molecular complexity index is 629. The number of aromatic hydroxyl groups is 1. The van der Waals surface area contributed by atoms with E-state index in [0.29, 0.717) is 12.3 Å². The van der Waals surface area contributed by atoms with Crippen LogP contribution in [0, 0.1) is 13.8 Å². The van der Waals surface area contributed by atoms with Gasteiger partial charge >= 0.3 is 0 Å². The SMILES string of the molecule is Cc1nn(Cc2cccc(O)c2)c(C)c1CCNC1CC1. The first-order valence-electron chi connectivity index (χ1n) is 7.67. The molecule has 0 aliphatic heterocycles. The average molecular weight is 285 g/mol. The number of hydrogen-bond donors (Lipinski definition) is 2. The van der Waals surface area contributed by atoms with Crippen LogP contribution in [-0.4, -0.2) is 27.5 Å². The minimum atomic E-state index is 0.308. The van der Waals surface area contributed by atoms with Gasteiger partial charge in [-0.25, -0.2) is 0 Å². The summed E-state index contributed by atoms with van der Waals surface area (Å²) in [6, 6.07) is 8.14. The summed E-state index contributed by atoms with van der Waals surface area (Å²) in [6.45, 7) is 5.95. The van der Waals surface area contributed by atoms with Crippen LogP contribution >= 0.6 is 0 Å². The summed E-state index contributed by atoms with van der Waals surface area (Å²) < 4.78 is 2.04. The van der Waals surface area contributed by atoms with Gasteiger partial charge in [0, 0.05) is 11.7 Å². The number of nitrogens with one attached hydrogen (secondary N) is 1. The number of phenols is 1. The Morgan fingerprint density at radius 2 is 2.14 bits per heavy atom. The molecular formula is C17H23N3O. The molecule has 1 saturated carbocycles. The van der Waals surface area contributed by atoms with E-state index < -0.39 is 0 Å². The fraction of sp³-hybridized carbons (Fsp3) is 0.471. The van der Waals surface area contributed by atoms with Crippen molar-refractivity contribution in [3.8, 4) is 5.75 Å². The lowest BCUT2D eigenvalue weighted by Crippen LogP contribution is -2.19. The van der Waals surface area contributed by atoms with Gasteiger partial charge in [-0.2, -0.15) is 5.10 Å². The highest BCUT2D eigenvalue weighted by molar-refractivity contribution is 5.29. The van der Waals surface area contributed by atoms with Crippen LogP contribution in [0.1, 0.15) is 35.4 Å². The van der Waals surface area contributed by atoms with Gasteiger partial charge < -0.3 is 10.4 Å². The Morgan fingerprint density at radius 3 is 2.86 bits per heavy atom. The zero-order valence-electron chi connectivity index (χ0n) is 12.8. The second kappa shape index (κ2) is 5.90. The first-order valence-corrected chi connectivity index (χ1v) is 7.67. The van der Waals surface area contributed by atoms with Crippen molar-refractivity contribution in [1.82, 2.24) is 15.1 Å². The van der Waals surface area contributed by atoms with Crippen molar-refractivity contribution in [1.29, 1.82) is 0 Å². The molecule has 0 atom stereocenters. The van der Waals surface area contributed by atoms with Gasteiger partial charge in [0.15, 0.2) is 0 Å². The molecule has 112 valence electrons. The maximum absolute atomic E-state index is 9.56. The third-order valence-corrected chi connectivity index (χ3v) is 4.16. The molecule has 4 heteroatoms. The van der Waals surface area contributed by atoms with E-state index in [1.165, 1.54) is 24.1 Å². The zero-order chi connectivity index (χ0) is 14.8. The van der Waals surface area contributed by atoms with Gasteiger partial charge in [-0.05, 0) is 62.9 Å².